The molecule has 0 heterocycles. The van der Waals surface area contributed by atoms with Crippen molar-refractivity contribution in [2.45, 2.75) is 25.9 Å². The predicted octanol–water partition coefficient (Wildman–Crippen LogP) is 4.64. The fourth-order valence-electron chi connectivity index (χ4n) is 1.59. The maximum atomic E-state index is 13.9. The lowest BCUT2D eigenvalue weighted by Gasteiger charge is -2.23. The maximum Gasteiger partial charge on any atom is 0.403 e. The molecule has 112 valence electrons. The summed E-state index contributed by atoms with van der Waals surface area (Å²) in [5.41, 5.74) is -2.74. The quantitative estimate of drug-likeness (QED) is 0.518. The van der Waals surface area contributed by atoms with E-state index in [4.69, 9.17) is 0 Å². The fraction of sp³-hybridized carbons (Fsp3) is 0.429. The third kappa shape index (κ3) is 4.51. The highest BCUT2D eigenvalue weighted by Crippen LogP contribution is 2.62. The molecule has 1 rings (SSSR count). The molecule has 3 nitrogen and oxygen atoms in total. The molecule has 0 N–H and O–H groups in total. The van der Waals surface area contributed by atoms with Gasteiger partial charge in [0, 0.05) is 0 Å². The molecule has 6 heteroatoms. The first-order valence-electron chi connectivity index (χ1n) is 6.44. The lowest BCUT2D eigenvalue weighted by Crippen LogP contribution is -2.17. The molecule has 0 aromatic heterocycles. The van der Waals surface area contributed by atoms with Gasteiger partial charge in [-0.15, -0.1) is 0 Å². The lowest BCUT2D eigenvalue weighted by molar-refractivity contribution is 0.0791. The van der Waals surface area contributed by atoms with Crippen LogP contribution in [-0.4, -0.2) is 18.9 Å². The van der Waals surface area contributed by atoms with E-state index in [0.717, 1.165) is 5.56 Å². The van der Waals surface area contributed by atoms with Crippen LogP contribution in [0.1, 0.15) is 19.4 Å². The smallest absolute Gasteiger partial charge is 0.304 e. The summed E-state index contributed by atoms with van der Waals surface area (Å²) in [5.74, 6) is 0. The van der Waals surface area contributed by atoms with Crippen LogP contribution in [0.4, 0.5) is 8.78 Å². The Bertz CT molecular complexity index is 465. The van der Waals surface area contributed by atoms with Crippen molar-refractivity contribution in [3.63, 3.8) is 0 Å². The summed E-state index contributed by atoms with van der Waals surface area (Å²) in [4.78, 5) is 0. The Balaban J connectivity index is 2.78. The highest BCUT2D eigenvalue weighted by molar-refractivity contribution is 7.55. The van der Waals surface area contributed by atoms with Gasteiger partial charge in [0.1, 0.15) is 0 Å². The van der Waals surface area contributed by atoms with Crippen molar-refractivity contribution < 1.29 is 22.4 Å². The molecule has 0 aliphatic carbocycles. The zero-order chi connectivity index (χ0) is 15.1. The molecule has 0 fully saturated rings. The molecule has 0 saturated carbocycles. The molecule has 20 heavy (non-hydrogen) atoms. The number of halogens is 2. The van der Waals surface area contributed by atoms with Gasteiger partial charge in [0.2, 0.25) is 0 Å². The summed E-state index contributed by atoms with van der Waals surface area (Å²) in [5, 5.41) is 0. The molecule has 0 unspecified atom stereocenters. The third-order valence-corrected chi connectivity index (χ3v) is 4.55. The van der Waals surface area contributed by atoms with Gasteiger partial charge in [-0.2, -0.15) is 8.78 Å². The Morgan fingerprint density at radius 2 is 1.70 bits per heavy atom. The van der Waals surface area contributed by atoms with E-state index in [1.165, 1.54) is 19.9 Å². The second kappa shape index (κ2) is 7.67. The summed E-state index contributed by atoms with van der Waals surface area (Å²) in [6, 6.07) is 9.15. The number of hydrogen-bond acceptors (Lipinski definition) is 3. The van der Waals surface area contributed by atoms with Gasteiger partial charge < -0.3 is 9.05 Å². The number of hydrogen-bond donors (Lipinski definition) is 0. The summed E-state index contributed by atoms with van der Waals surface area (Å²) in [6.45, 7) is 2.80. The van der Waals surface area contributed by atoms with Crippen LogP contribution < -0.4 is 0 Å². The second-order valence-corrected chi connectivity index (χ2v) is 6.12. The Hall–Kier alpha value is -1.03. The lowest BCUT2D eigenvalue weighted by atomic mass is 10.1. The minimum atomic E-state index is -4.46. The summed E-state index contributed by atoms with van der Waals surface area (Å²) < 4.78 is 49.3. The van der Waals surface area contributed by atoms with E-state index in [9.17, 15) is 13.3 Å². The van der Waals surface area contributed by atoms with Gasteiger partial charge in [0.15, 0.2) is 0 Å². The van der Waals surface area contributed by atoms with Crippen molar-refractivity contribution in [1.82, 2.24) is 0 Å². The maximum absolute atomic E-state index is 13.9. The molecule has 0 bridgehead atoms. The van der Waals surface area contributed by atoms with Gasteiger partial charge in [-0.1, -0.05) is 36.4 Å². The van der Waals surface area contributed by atoms with Crippen LogP contribution in [0.2, 0.25) is 0 Å². The van der Waals surface area contributed by atoms with E-state index in [2.05, 4.69) is 9.05 Å². The Kier molecular flexibility index (Phi) is 6.53. The van der Waals surface area contributed by atoms with E-state index < -0.39 is 13.3 Å². The van der Waals surface area contributed by atoms with Crippen molar-refractivity contribution in [3.05, 3.63) is 48.0 Å². The van der Waals surface area contributed by atoms with Crippen LogP contribution in [0.25, 0.3) is 0 Å². The first-order chi connectivity index (χ1) is 9.45. The third-order valence-electron chi connectivity index (χ3n) is 2.48. The summed E-state index contributed by atoms with van der Waals surface area (Å²) >= 11 is 0. The number of allylic oxidation sites excluding steroid dienone is 2. The van der Waals surface area contributed by atoms with E-state index >= 15 is 0 Å². The van der Waals surface area contributed by atoms with E-state index in [-0.39, 0.29) is 13.2 Å². The van der Waals surface area contributed by atoms with Crippen LogP contribution in [-0.2, 0) is 20.0 Å². The van der Waals surface area contributed by atoms with Crippen molar-refractivity contribution >= 4 is 7.60 Å². The molecule has 1 aromatic rings. The molecule has 0 aliphatic rings. The van der Waals surface area contributed by atoms with Gasteiger partial charge in [-0.3, -0.25) is 4.57 Å². The molecule has 0 saturated heterocycles. The summed E-state index contributed by atoms with van der Waals surface area (Å²) in [7, 11) is -4.46. The molecule has 0 atom stereocenters. The number of benzene rings is 1. The SMILES string of the molecule is CCOP(=O)(OCC)C(F)(F)/C=C/Cc1ccccc1. The predicted molar refractivity (Wildman–Crippen MR) is 75.1 cm³/mol. The Morgan fingerprint density at radius 1 is 1.15 bits per heavy atom. The van der Waals surface area contributed by atoms with Crippen molar-refractivity contribution in [2.24, 2.45) is 0 Å². The Labute approximate surface area is 118 Å². The minimum absolute atomic E-state index is 0.0978. The normalized spacial score (nSPS) is 13.0. The van der Waals surface area contributed by atoms with Crippen LogP contribution in [0, 0.1) is 0 Å². The fourth-order valence-corrected chi connectivity index (χ4v) is 2.98. The van der Waals surface area contributed by atoms with Crippen molar-refractivity contribution in [1.29, 1.82) is 0 Å². The van der Waals surface area contributed by atoms with E-state index in [1.54, 1.807) is 0 Å². The standard InChI is InChI=1S/C14H19F2O3P/c1-3-18-20(17,19-4-2)14(15,16)12-8-11-13-9-6-5-7-10-13/h5-10,12H,3-4,11H2,1-2H3/b12-8+. The van der Waals surface area contributed by atoms with Gasteiger partial charge in [0.05, 0.1) is 13.2 Å². The number of rotatable bonds is 8. The monoisotopic (exact) mass is 304 g/mol. The minimum Gasteiger partial charge on any atom is -0.304 e. The molecule has 0 amide bonds. The molecule has 0 spiro atoms. The van der Waals surface area contributed by atoms with Crippen LogP contribution in [0.15, 0.2) is 42.5 Å². The van der Waals surface area contributed by atoms with Gasteiger partial charge in [-0.05, 0) is 31.9 Å². The summed E-state index contributed by atoms with van der Waals surface area (Å²) in [6.07, 6.45) is 2.21. The number of alkyl halides is 2. The van der Waals surface area contributed by atoms with E-state index in [1.807, 2.05) is 30.3 Å². The molecular formula is C14H19F2O3P. The molecule has 0 radical (unpaired) electrons. The zero-order valence-electron chi connectivity index (χ0n) is 11.6. The van der Waals surface area contributed by atoms with Gasteiger partial charge in [-0.25, -0.2) is 0 Å². The van der Waals surface area contributed by atoms with Crippen molar-refractivity contribution in [3.8, 4) is 0 Å². The largest absolute Gasteiger partial charge is 0.403 e. The highest BCUT2D eigenvalue weighted by Gasteiger charge is 2.51. The van der Waals surface area contributed by atoms with Crippen LogP contribution in [0.5, 0.6) is 0 Å². The van der Waals surface area contributed by atoms with E-state index in [0.29, 0.717) is 12.5 Å². The molecular weight excluding hydrogens is 285 g/mol. The molecule has 1 aromatic carbocycles. The first-order valence-corrected chi connectivity index (χ1v) is 7.98. The topological polar surface area (TPSA) is 35.5 Å². The van der Waals surface area contributed by atoms with Crippen molar-refractivity contribution in [2.75, 3.05) is 13.2 Å². The zero-order valence-corrected chi connectivity index (χ0v) is 12.5. The van der Waals surface area contributed by atoms with Crippen LogP contribution >= 0.6 is 7.60 Å². The Morgan fingerprint density at radius 3 is 2.20 bits per heavy atom. The van der Waals surface area contributed by atoms with Gasteiger partial charge >= 0.3 is 13.3 Å². The highest BCUT2D eigenvalue weighted by atomic mass is 31.2. The average molecular weight is 304 g/mol. The van der Waals surface area contributed by atoms with Crippen LogP contribution in [0.3, 0.4) is 0 Å². The molecule has 0 aliphatic heterocycles. The average Bonchev–Trinajstić information content (AvgIpc) is 2.40. The first kappa shape index (κ1) is 17.0. The van der Waals surface area contributed by atoms with Gasteiger partial charge in [0.25, 0.3) is 0 Å². The second-order valence-electron chi connectivity index (χ2n) is 4.01.